The highest BCUT2D eigenvalue weighted by Gasteiger charge is 2.37. The van der Waals surface area contributed by atoms with E-state index in [-0.39, 0.29) is 18.5 Å². The first-order valence-electron chi connectivity index (χ1n) is 9.00. The molecule has 0 aliphatic carbocycles. The number of benzene rings is 1. The van der Waals surface area contributed by atoms with Crippen molar-refractivity contribution in [3.05, 3.63) is 39.8 Å². The maximum atomic E-state index is 13.2. The molecular weight excluding hydrogens is 350 g/mol. The summed E-state index contributed by atoms with van der Waals surface area (Å²) in [6.07, 6.45) is -0.101. The highest BCUT2D eigenvalue weighted by atomic mass is 19.3. The van der Waals surface area contributed by atoms with Gasteiger partial charge in [-0.05, 0) is 32.0 Å². The number of pyridine rings is 1. The van der Waals surface area contributed by atoms with Crippen LogP contribution in [0.5, 0.6) is 0 Å². The van der Waals surface area contributed by atoms with Gasteiger partial charge in [-0.15, -0.1) is 0 Å². The number of aromatic nitrogens is 3. The minimum atomic E-state index is -2.60. The molecule has 3 heterocycles. The van der Waals surface area contributed by atoms with Gasteiger partial charge >= 0.3 is 0 Å². The summed E-state index contributed by atoms with van der Waals surface area (Å²) in [4.78, 5) is 14.4. The second kappa shape index (κ2) is 6.46. The van der Waals surface area contributed by atoms with Crippen LogP contribution in [0.15, 0.2) is 23.0 Å². The standard InChI is InChI=1S/C20H20F2N4O/c1-3-26-16-7-6-14(5-4-9-25-10-8-20(21,22)12-25)11-15(16)18-17(19(26)27)13(2)23-24-18/h6-7,11H,3,8-10,12H2,1-2H3,(H,23,24). The number of likely N-dealkylation sites (tertiary alicyclic amines) is 1. The first-order chi connectivity index (χ1) is 12.9. The molecule has 0 spiro atoms. The Labute approximate surface area is 155 Å². The first-order valence-corrected chi connectivity index (χ1v) is 9.00. The van der Waals surface area contributed by atoms with E-state index in [4.69, 9.17) is 0 Å². The molecule has 3 aromatic rings. The molecule has 140 valence electrons. The van der Waals surface area contributed by atoms with Gasteiger partial charge in [-0.25, -0.2) is 8.78 Å². The number of aromatic amines is 1. The van der Waals surface area contributed by atoms with Gasteiger partial charge in [-0.1, -0.05) is 11.8 Å². The quantitative estimate of drug-likeness (QED) is 0.706. The maximum Gasteiger partial charge on any atom is 0.262 e. The number of rotatable bonds is 2. The Balaban J connectivity index is 1.73. The van der Waals surface area contributed by atoms with Crippen LogP contribution in [0.4, 0.5) is 8.78 Å². The van der Waals surface area contributed by atoms with Gasteiger partial charge in [0.1, 0.15) is 5.52 Å². The molecule has 1 saturated heterocycles. The fourth-order valence-corrected chi connectivity index (χ4v) is 3.68. The van der Waals surface area contributed by atoms with E-state index in [0.717, 1.165) is 22.2 Å². The monoisotopic (exact) mass is 370 g/mol. The predicted octanol–water partition coefficient (Wildman–Crippen LogP) is 2.90. The predicted molar refractivity (Wildman–Crippen MR) is 101 cm³/mol. The van der Waals surface area contributed by atoms with Crippen molar-refractivity contribution in [2.24, 2.45) is 0 Å². The minimum Gasteiger partial charge on any atom is -0.308 e. The summed E-state index contributed by atoms with van der Waals surface area (Å²) in [7, 11) is 0. The van der Waals surface area contributed by atoms with Crippen molar-refractivity contribution >= 4 is 21.8 Å². The van der Waals surface area contributed by atoms with Gasteiger partial charge in [0.25, 0.3) is 11.5 Å². The fourth-order valence-electron chi connectivity index (χ4n) is 3.68. The number of alkyl halides is 2. The van der Waals surface area contributed by atoms with E-state index in [1.807, 2.05) is 32.0 Å². The zero-order valence-electron chi connectivity index (χ0n) is 15.3. The zero-order valence-corrected chi connectivity index (χ0v) is 15.3. The van der Waals surface area contributed by atoms with Crippen LogP contribution in [0.3, 0.4) is 0 Å². The number of nitrogens with one attached hydrogen (secondary N) is 1. The van der Waals surface area contributed by atoms with Crippen molar-refractivity contribution in [3.8, 4) is 11.8 Å². The summed E-state index contributed by atoms with van der Waals surface area (Å²) < 4.78 is 28.2. The van der Waals surface area contributed by atoms with Gasteiger partial charge in [0.15, 0.2) is 0 Å². The maximum absolute atomic E-state index is 13.2. The highest BCUT2D eigenvalue weighted by molar-refractivity contribution is 6.04. The molecule has 4 rings (SSSR count). The summed E-state index contributed by atoms with van der Waals surface area (Å²) in [5, 5.41) is 8.64. The van der Waals surface area contributed by atoms with E-state index in [1.165, 1.54) is 0 Å². The van der Waals surface area contributed by atoms with Crippen LogP contribution in [-0.2, 0) is 6.54 Å². The van der Waals surface area contributed by atoms with Gasteiger partial charge in [0.2, 0.25) is 0 Å². The molecule has 0 atom stereocenters. The summed E-state index contributed by atoms with van der Waals surface area (Å²) in [6.45, 7) is 4.79. The van der Waals surface area contributed by atoms with Gasteiger partial charge in [0.05, 0.1) is 24.0 Å². The smallest absolute Gasteiger partial charge is 0.262 e. The van der Waals surface area contributed by atoms with Crippen molar-refractivity contribution in [3.63, 3.8) is 0 Å². The van der Waals surface area contributed by atoms with E-state index in [9.17, 15) is 13.6 Å². The molecule has 0 amide bonds. The van der Waals surface area contributed by atoms with Gasteiger partial charge in [-0.3, -0.25) is 14.8 Å². The molecule has 5 nitrogen and oxygen atoms in total. The van der Waals surface area contributed by atoms with Crippen molar-refractivity contribution < 1.29 is 8.78 Å². The molecule has 1 aromatic carbocycles. The average Bonchev–Trinajstić information content (AvgIpc) is 3.18. The molecule has 1 aliphatic rings. The van der Waals surface area contributed by atoms with Crippen LogP contribution in [0.1, 0.15) is 24.6 Å². The van der Waals surface area contributed by atoms with E-state index in [1.54, 1.807) is 9.47 Å². The largest absolute Gasteiger partial charge is 0.308 e. The molecule has 0 radical (unpaired) electrons. The molecule has 2 aromatic heterocycles. The average molecular weight is 370 g/mol. The van der Waals surface area contributed by atoms with Crippen LogP contribution in [0.2, 0.25) is 0 Å². The number of fused-ring (bicyclic) bond motifs is 3. The van der Waals surface area contributed by atoms with Gasteiger partial charge in [-0.2, -0.15) is 5.10 Å². The Morgan fingerprint density at radius 3 is 2.89 bits per heavy atom. The fraction of sp³-hybridized carbons (Fsp3) is 0.400. The van der Waals surface area contributed by atoms with Crippen LogP contribution < -0.4 is 5.56 Å². The second-order valence-electron chi connectivity index (χ2n) is 6.97. The summed E-state index contributed by atoms with van der Waals surface area (Å²) in [5.41, 5.74) is 2.91. The number of halogens is 2. The zero-order chi connectivity index (χ0) is 19.2. The molecule has 1 N–H and O–H groups in total. The van der Waals surface area contributed by atoms with Crippen LogP contribution in [0.25, 0.3) is 21.8 Å². The third-order valence-corrected chi connectivity index (χ3v) is 5.05. The molecule has 1 aliphatic heterocycles. The summed E-state index contributed by atoms with van der Waals surface area (Å²) >= 11 is 0. The lowest BCUT2D eigenvalue weighted by Gasteiger charge is -2.11. The SMILES string of the molecule is CCn1c(=O)c2c(C)[nH]nc2c2cc(C#CCN3CCC(F)(F)C3)ccc21. The van der Waals surface area contributed by atoms with Crippen molar-refractivity contribution in [1.82, 2.24) is 19.7 Å². The van der Waals surface area contributed by atoms with Gasteiger partial charge < -0.3 is 4.57 Å². The van der Waals surface area contributed by atoms with Gasteiger partial charge in [0, 0.05) is 36.2 Å². The molecule has 1 fully saturated rings. The molecule has 0 bridgehead atoms. The van der Waals surface area contributed by atoms with Crippen molar-refractivity contribution in [2.45, 2.75) is 32.7 Å². The molecule has 27 heavy (non-hydrogen) atoms. The molecule has 0 saturated carbocycles. The number of H-pyrrole nitrogens is 1. The van der Waals surface area contributed by atoms with E-state index in [2.05, 4.69) is 22.0 Å². The Bertz CT molecular complexity index is 1150. The normalized spacial score (nSPS) is 16.7. The Hall–Kier alpha value is -2.72. The van der Waals surface area contributed by atoms with Crippen LogP contribution >= 0.6 is 0 Å². The third-order valence-electron chi connectivity index (χ3n) is 5.05. The van der Waals surface area contributed by atoms with E-state index < -0.39 is 5.92 Å². The van der Waals surface area contributed by atoms with Crippen LogP contribution in [-0.4, -0.2) is 45.2 Å². The number of hydrogen-bond donors (Lipinski definition) is 1. The lowest BCUT2D eigenvalue weighted by Crippen LogP contribution is -2.25. The summed E-state index contributed by atoms with van der Waals surface area (Å²) in [5.74, 6) is 3.44. The Morgan fingerprint density at radius 2 is 2.19 bits per heavy atom. The van der Waals surface area contributed by atoms with Crippen molar-refractivity contribution in [2.75, 3.05) is 19.6 Å². The summed E-state index contributed by atoms with van der Waals surface area (Å²) in [6, 6.07) is 5.64. The topological polar surface area (TPSA) is 53.9 Å². The molecular formula is C20H20F2N4O. The Morgan fingerprint density at radius 1 is 1.37 bits per heavy atom. The second-order valence-corrected chi connectivity index (χ2v) is 6.97. The highest BCUT2D eigenvalue weighted by Crippen LogP contribution is 2.26. The number of aryl methyl sites for hydroxylation is 2. The molecule has 7 heteroatoms. The minimum absolute atomic E-state index is 0.0555. The van der Waals surface area contributed by atoms with Crippen LogP contribution in [0, 0.1) is 18.8 Å². The lowest BCUT2D eigenvalue weighted by molar-refractivity contribution is 0.0135. The van der Waals surface area contributed by atoms with Crippen molar-refractivity contribution in [1.29, 1.82) is 0 Å². The lowest BCUT2D eigenvalue weighted by atomic mass is 10.1. The van der Waals surface area contributed by atoms with E-state index >= 15 is 0 Å². The molecule has 0 unspecified atom stereocenters. The number of hydrogen-bond acceptors (Lipinski definition) is 3. The Kier molecular flexibility index (Phi) is 4.23. The first kappa shape index (κ1) is 17.7. The number of nitrogens with zero attached hydrogens (tertiary/aromatic N) is 3. The third kappa shape index (κ3) is 3.10. The van der Waals surface area contributed by atoms with E-state index in [0.29, 0.717) is 30.5 Å².